The lowest BCUT2D eigenvalue weighted by Gasteiger charge is -2.03. The highest BCUT2D eigenvalue weighted by atomic mass is 32.1. The molecule has 1 aromatic carbocycles. The maximum Gasteiger partial charge on any atom is 0.269 e. The molecule has 0 radical (unpaired) electrons. The first-order valence-electron chi connectivity index (χ1n) is 5.94. The Labute approximate surface area is 119 Å². The number of benzene rings is 1. The van der Waals surface area contributed by atoms with Crippen LogP contribution in [0.4, 0.5) is 5.69 Å². The molecule has 0 saturated carbocycles. The lowest BCUT2D eigenvalue weighted by Crippen LogP contribution is -2.11. The summed E-state index contributed by atoms with van der Waals surface area (Å²) in [4.78, 5) is 16.7. The zero-order valence-corrected chi connectivity index (χ0v) is 11.2. The number of carbonyl (C=O) groups excluding carboxylic acids is 1. The molecule has 0 bridgehead atoms. The fourth-order valence-corrected chi connectivity index (χ4v) is 2.33. The molecular weight excluding hydrogens is 272 g/mol. The van der Waals surface area contributed by atoms with Gasteiger partial charge in [0.15, 0.2) is 0 Å². The molecule has 3 aromatic rings. The number of aromatic nitrogens is 3. The summed E-state index contributed by atoms with van der Waals surface area (Å²) in [5.41, 5.74) is 2.11. The summed E-state index contributed by atoms with van der Waals surface area (Å²) in [6.07, 6.45) is 3.24. The fourth-order valence-electron chi connectivity index (χ4n) is 1.75. The summed E-state index contributed by atoms with van der Waals surface area (Å²) in [7, 11) is 0. The molecule has 0 spiro atoms. The number of hydrogen-bond donors (Lipinski definition) is 1. The van der Waals surface area contributed by atoms with Gasteiger partial charge in [-0.15, -0.1) is 5.10 Å². The fraction of sp³-hybridized carbons (Fsp3) is 0. The Balaban J connectivity index is 1.88. The van der Waals surface area contributed by atoms with E-state index < -0.39 is 0 Å². The second-order valence-electron chi connectivity index (χ2n) is 4.01. The van der Waals surface area contributed by atoms with E-state index in [-0.39, 0.29) is 5.91 Å². The van der Waals surface area contributed by atoms with E-state index in [1.807, 2.05) is 30.3 Å². The van der Waals surface area contributed by atoms with Gasteiger partial charge in [-0.25, -0.2) is 0 Å². The van der Waals surface area contributed by atoms with Gasteiger partial charge < -0.3 is 5.32 Å². The highest BCUT2D eigenvalue weighted by Gasteiger charge is 2.17. The third kappa shape index (κ3) is 2.55. The van der Waals surface area contributed by atoms with Crippen molar-refractivity contribution in [3.05, 3.63) is 59.7 Å². The van der Waals surface area contributed by atoms with Crippen LogP contribution >= 0.6 is 11.5 Å². The molecule has 2 heterocycles. The van der Waals surface area contributed by atoms with E-state index in [0.29, 0.717) is 16.3 Å². The quantitative estimate of drug-likeness (QED) is 0.802. The highest BCUT2D eigenvalue weighted by molar-refractivity contribution is 7.08. The van der Waals surface area contributed by atoms with Gasteiger partial charge in [-0.05, 0) is 23.7 Å². The molecule has 0 saturated heterocycles. The van der Waals surface area contributed by atoms with Crippen LogP contribution in [0.5, 0.6) is 0 Å². The Kier molecular flexibility index (Phi) is 3.47. The number of rotatable bonds is 3. The third-order valence-electron chi connectivity index (χ3n) is 2.66. The predicted octanol–water partition coefficient (Wildman–Crippen LogP) is 2.85. The number of nitrogens with one attached hydrogen (secondary N) is 1. The van der Waals surface area contributed by atoms with Gasteiger partial charge in [-0.1, -0.05) is 34.8 Å². The van der Waals surface area contributed by atoms with Crippen LogP contribution in [0.3, 0.4) is 0 Å². The van der Waals surface area contributed by atoms with Crippen molar-refractivity contribution in [2.75, 3.05) is 5.32 Å². The first kappa shape index (κ1) is 12.4. The number of hydrogen-bond acceptors (Lipinski definition) is 5. The second kappa shape index (κ2) is 5.58. The van der Waals surface area contributed by atoms with E-state index >= 15 is 0 Å². The summed E-state index contributed by atoms with van der Waals surface area (Å²) in [5, 5.41) is 6.82. The summed E-state index contributed by atoms with van der Waals surface area (Å²) in [6.45, 7) is 0. The van der Waals surface area contributed by atoms with Crippen LogP contribution in [-0.4, -0.2) is 20.5 Å². The molecular formula is C14H10N4OS. The molecule has 0 unspecified atom stereocenters. The van der Waals surface area contributed by atoms with Crippen LogP contribution in [0, 0.1) is 0 Å². The van der Waals surface area contributed by atoms with Gasteiger partial charge in [0.25, 0.3) is 5.91 Å². The molecule has 3 rings (SSSR count). The van der Waals surface area contributed by atoms with E-state index in [1.165, 1.54) is 0 Å². The number of pyridine rings is 1. The van der Waals surface area contributed by atoms with Crippen molar-refractivity contribution in [2.45, 2.75) is 0 Å². The number of carbonyl (C=O) groups is 1. The Morgan fingerprint density at radius 1 is 1.10 bits per heavy atom. The minimum Gasteiger partial charge on any atom is -0.320 e. The van der Waals surface area contributed by atoms with Crippen molar-refractivity contribution in [3.63, 3.8) is 0 Å². The highest BCUT2D eigenvalue weighted by Crippen LogP contribution is 2.24. The maximum atomic E-state index is 12.3. The van der Waals surface area contributed by atoms with Crippen LogP contribution in [0.2, 0.25) is 0 Å². The summed E-state index contributed by atoms with van der Waals surface area (Å²) < 4.78 is 3.88. The van der Waals surface area contributed by atoms with E-state index in [4.69, 9.17) is 0 Å². The van der Waals surface area contributed by atoms with Gasteiger partial charge in [-0.3, -0.25) is 9.78 Å². The van der Waals surface area contributed by atoms with Gasteiger partial charge in [0, 0.05) is 11.8 Å². The van der Waals surface area contributed by atoms with Gasteiger partial charge in [-0.2, -0.15) is 0 Å². The average molecular weight is 282 g/mol. The first-order chi connectivity index (χ1) is 9.84. The van der Waals surface area contributed by atoms with E-state index in [9.17, 15) is 4.79 Å². The van der Waals surface area contributed by atoms with Gasteiger partial charge in [0.2, 0.25) is 0 Å². The number of anilines is 1. The average Bonchev–Trinajstić information content (AvgIpc) is 2.99. The Bertz CT molecular complexity index is 712. The Morgan fingerprint density at radius 3 is 2.70 bits per heavy atom. The summed E-state index contributed by atoms with van der Waals surface area (Å²) in [6, 6.07) is 13.1. The molecule has 5 nitrogen and oxygen atoms in total. The molecule has 0 atom stereocenters. The van der Waals surface area contributed by atoms with Crippen molar-refractivity contribution in [1.82, 2.24) is 14.6 Å². The second-order valence-corrected chi connectivity index (χ2v) is 4.77. The van der Waals surface area contributed by atoms with Crippen LogP contribution in [0.1, 0.15) is 9.67 Å². The van der Waals surface area contributed by atoms with Gasteiger partial charge >= 0.3 is 0 Å². The van der Waals surface area contributed by atoms with E-state index in [2.05, 4.69) is 19.9 Å². The summed E-state index contributed by atoms with van der Waals surface area (Å²) in [5.74, 6) is -0.230. The van der Waals surface area contributed by atoms with Crippen molar-refractivity contribution in [2.24, 2.45) is 0 Å². The molecule has 20 heavy (non-hydrogen) atoms. The van der Waals surface area contributed by atoms with Crippen molar-refractivity contribution in [1.29, 1.82) is 0 Å². The molecule has 1 amide bonds. The van der Waals surface area contributed by atoms with Crippen LogP contribution in [-0.2, 0) is 0 Å². The molecule has 0 aliphatic carbocycles. The van der Waals surface area contributed by atoms with Crippen molar-refractivity contribution >= 4 is 23.1 Å². The molecule has 0 aliphatic heterocycles. The maximum absolute atomic E-state index is 12.3. The topological polar surface area (TPSA) is 67.8 Å². The molecule has 98 valence electrons. The predicted molar refractivity (Wildman–Crippen MR) is 77.5 cm³/mol. The van der Waals surface area contributed by atoms with E-state index in [0.717, 1.165) is 17.1 Å². The monoisotopic (exact) mass is 282 g/mol. The van der Waals surface area contributed by atoms with Crippen molar-refractivity contribution < 1.29 is 4.79 Å². The number of nitrogens with zero attached hydrogens (tertiary/aromatic N) is 3. The minimum atomic E-state index is -0.230. The first-order valence-corrected chi connectivity index (χ1v) is 6.71. The summed E-state index contributed by atoms with van der Waals surface area (Å²) >= 11 is 1.08. The van der Waals surface area contributed by atoms with Crippen LogP contribution in [0.15, 0.2) is 54.9 Å². The molecule has 1 N–H and O–H groups in total. The smallest absolute Gasteiger partial charge is 0.269 e. The molecule has 0 aliphatic rings. The lowest BCUT2D eigenvalue weighted by molar-refractivity contribution is 0.103. The van der Waals surface area contributed by atoms with Crippen LogP contribution in [0.25, 0.3) is 11.3 Å². The lowest BCUT2D eigenvalue weighted by atomic mass is 10.1. The third-order valence-corrected chi connectivity index (χ3v) is 3.39. The van der Waals surface area contributed by atoms with Crippen molar-refractivity contribution in [3.8, 4) is 11.3 Å². The zero-order valence-electron chi connectivity index (χ0n) is 10.4. The Hall–Kier alpha value is -2.60. The molecule has 6 heteroatoms. The van der Waals surface area contributed by atoms with E-state index in [1.54, 1.807) is 24.5 Å². The molecule has 2 aromatic heterocycles. The van der Waals surface area contributed by atoms with Gasteiger partial charge in [0.1, 0.15) is 10.6 Å². The Morgan fingerprint density at radius 2 is 1.95 bits per heavy atom. The van der Waals surface area contributed by atoms with Gasteiger partial charge in [0.05, 0.1) is 11.9 Å². The minimum absolute atomic E-state index is 0.230. The number of amides is 1. The SMILES string of the molecule is O=C(Nc1cccnc1)c1snnc1-c1ccccc1. The van der Waals surface area contributed by atoms with Crippen LogP contribution < -0.4 is 5.32 Å². The largest absolute Gasteiger partial charge is 0.320 e. The standard InChI is InChI=1S/C14H10N4OS/c19-14(16-11-7-4-8-15-9-11)13-12(17-18-20-13)10-5-2-1-3-6-10/h1-9H,(H,16,19). The molecule has 0 fully saturated rings. The zero-order chi connectivity index (χ0) is 13.8. The normalized spacial score (nSPS) is 10.2.